The number of aliphatic hydroxyl groups excluding tert-OH is 1. The van der Waals surface area contributed by atoms with Gasteiger partial charge in [0, 0.05) is 6.54 Å². The van der Waals surface area contributed by atoms with Gasteiger partial charge in [-0.15, -0.1) is 6.58 Å². The van der Waals surface area contributed by atoms with Gasteiger partial charge in [-0.1, -0.05) is 32.3 Å². The maximum Gasteiger partial charge on any atom is 0.0897 e. The van der Waals surface area contributed by atoms with Gasteiger partial charge in [0.1, 0.15) is 0 Å². The van der Waals surface area contributed by atoms with Crippen LogP contribution in [0.3, 0.4) is 0 Å². The molecule has 3 atom stereocenters. The Hall–Kier alpha value is -0.380. The fraction of sp³-hybridized carbons (Fsp3) is 0.867. The summed E-state index contributed by atoms with van der Waals surface area (Å²) in [5.41, 5.74) is 0. The normalized spacial score (nSPS) is 25.9. The Morgan fingerprint density at radius 1 is 1.44 bits per heavy atom. The number of rotatable bonds is 9. The molecule has 1 saturated carbocycles. The molecule has 0 bridgehead atoms. The van der Waals surface area contributed by atoms with Crippen molar-refractivity contribution in [2.45, 2.75) is 57.7 Å². The van der Waals surface area contributed by atoms with Crippen LogP contribution in [-0.2, 0) is 4.74 Å². The maximum absolute atomic E-state index is 9.82. The van der Waals surface area contributed by atoms with E-state index in [1.165, 1.54) is 25.7 Å². The van der Waals surface area contributed by atoms with E-state index in [-0.39, 0.29) is 0 Å². The van der Waals surface area contributed by atoms with E-state index in [4.69, 9.17) is 4.74 Å². The van der Waals surface area contributed by atoms with Crippen LogP contribution in [0.2, 0.25) is 0 Å². The molecule has 18 heavy (non-hydrogen) atoms. The Morgan fingerprint density at radius 2 is 2.22 bits per heavy atom. The van der Waals surface area contributed by atoms with Gasteiger partial charge in [0.15, 0.2) is 0 Å². The van der Waals surface area contributed by atoms with E-state index in [9.17, 15) is 5.11 Å². The summed E-state index contributed by atoms with van der Waals surface area (Å²) in [6.45, 7) is 7.85. The zero-order valence-electron chi connectivity index (χ0n) is 11.7. The summed E-state index contributed by atoms with van der Waals surface area (Å²) >= 11 is 0. The quantitative estimate of drug-likeness (QED) is 0.491. The van der Waals surface area contributed by atoms with Crippen LogP contribution < -0.4 is 5.32 Å². The molecule has 0 aromatic rings. The smallest absolute Gasteiger partial charge is 0.0897 e. The lowest BCUT2D eigenvalue weighted by molar-refractivity contribution is -0.0498. The van der Waals surface area contributed by atoms with Crippen LogP contribution in [0.15, 0.2) is 12.7 Å². The lowest BCUT2D eigenvalue weighted by Crippen LogP contribution is -2.35. The minimum atomic E-state index is -0.394. The molecule has 3 heteroatoms. The van der Waals surface area contributed by atoms with Crippen molar-refractivity contribution in [1.29, 1.82) is 0 Å². The van der Waals surface area contributed by atoms with Crippen LogP contribution in [0, 0.1) is 5.92 Å². The van der Waals surface area contributed by atoms with Crippen molar-refractivity contribution in [1.82, 2.24) is 5.32 Å². The van der Waals surface area contributed by atoms with E-state index in [1.54, 1.807) is 0 Å². The molecule has 1 aliphatic carbocycles. The predicted octanol–water partition coefficient (Wildman–Crippen LogP) is 2.50. The number of aliphatic hydroxyl groups is 1. The monoisotopic (exact) mass is 255 g/mol. The molecule has 0 aromatic carbocycles. The van der Waals surface area contributed by atoms with Gasteiger partial charge in [-0.25, -0.2) is 0 Å². The van der Waals surface area contributed by atoms with Gasteiger partial charge >= 0.3 is 0 Å². The molecule has 0 aromatic heterocycles. The highest BCUT2D eigenvalue weighted by atomic mass is 16.5. The largest absolute Gasteiger partial charge is 0.389 e. The zero-order chi connectivity index (χ0) is 13.2. The average Bonchev–Trinajstić information content (AvgIpc) is 2.41. The Labute approximate surface area is 112 Å². The molecule has 0 heterocycles. The molecule has 1 aliphatic rings. The van der Waals surface area contributed by atoms with Crippen molar-refractivity contribution in [2.75, 3.05) is 19.7 Å². The van der Waals surface area contributed by atoms with Gasteiger partial charge in [-0.2, -0.15) is 0 Å². The molecular formula is C15H29NO2. The summed E-state index contributed by atoms with van der Waals surface area (Å²) in [6.07, 6.45) is 9.04. The van der Waals surface area contributed by atoms with Crippen LogP contribution >= 0.6 is 0 Å². The Bertz CT molecular complexity index is 221. The third-order valence-corrected chi connectivity index (χ3v) is 3.77. The molecule has 3 unspecified atom stereocenters. The lowest BCUT2D eigenvalue weighted by atomic mass is 9.85. The minimum absolute atomic E-state index is 0.367. The Kier molecular flexibility index (Phi) is 8.31. The topological polar surface area (TPSA) is 41.5 Å². The zero-order valence-corrected chi connectivity index (χ0v) is 11.7. The van der Waals surface area contributed by atoms with E-state index in [0.29, 0.717) is 25.2 Å². The highest BCUT2D eigenvalue weighted by Crippen LogP contribution is 2.29. The van der Waals surface area contributed by atoms with Crippen LogP contribution in [0.25, 0.3) is 0 Å². The van der Waals surface area contributed by atoms with E-state index in [2.05, 4.69) is 18.8 Å². The Morgan fingerprint density at radius 3 is 2.94 bits per heavy atom. The minimum Gasteiger partial charge on any atom is -0.389 e. The van der Waals surface area contributed by atoms with Crippen molar-refractivity contribution in [3.8, 4) is 0 Å². The molecule has 0 saturated heterocycles. The van der Waals surface area contributed by atoms with Crippen molar-refractivity contribution in [3.05, 3.63) is 12.7 Å². The summed E-state index contributed by atoms with van der Waals surface area (Å²) in [6, 6.07) is 0. The molecular weight excluding hydrogens is 226 g/mol. The van der Waals surface area contributed by atoms with Gasteiger partial charge in [-0.05, 0) is 31.7 Å². The fourth-order valence-corrected chi connectivity index (χ4v) is 2.63. The number of ether oxygens (including phenoxy) is 1. The van der Waals surface area contributed by atoms with Crippen molar-refractivity contribution >= 4 is 0 Å². The molecule has 2 N–H and O–H groups in total. The fourth-order valence-electron chi connectivity index (χ4n) is 2.63. The third kappa shape index (κ3) is 5.98. The van der Waals surface area contributed by atoms with Crippen LogP contribution in [0.4, 0.5) is 0 Å². The first-order valence-electron chi connectivity index (χ1n) is 7.39. The second kappa shape index (κ2) is 9.54. The second-order valence-electron chi connectivity index (χ2n) is 5.26. The van der Waals surface area contributed by atoms with Gasteiger partial charge in [0.2, 0.25) is 0 Å². The van der Waals surface area contributed by atoms with Crippen LogP contribution in [0.1, 0.15) is 45.4 Å². The van der Waals surface area contributed by atoms with E-state index in [1.807, 2.05) is 6.08 Å². The average molecular weight is 255 g/mol. The molecule has 0 spiro atoms. The number of nitrogens with one attached hydrogen (secondary N) is 1. The van der Waals surface area contributed by atoms with E-state index in [0.717, 1.165) is 19.4 Å². The number of hydrogen-bond acceptors (Lipinski definition) is 3. The molecule has 3 nitrogen and oxygen atoms in total. The summed E-state index contributed by atoms with van der Waals surface area (Å²) < 4.78 is 5.90. The molecule has 0 amide bonds. The molecule has 1 fully saturated rings. The first-order valence-corrected chi connectivity index (χ1v) is 7.39. The highest BCUT2D eigenvalue weighted by molar-refractivity contribution is 4.75. The first-order chi connectivity index (χ1) is 8.77. The summed E-state index contributed by atoms with van der Waals surface area (Å²) in [4.78, 5) is 0. The SMILES string of the molecule is C=CCCNCC(O)COC1CCCCC1CC. The molecule has 0 radical (unpaired) electrons. The van der Waals surface area contributed by atoms with E-state index < -0.39 is 6.10 Å². The van der Waals surface area contributed by atoms with Gasteiger partial charge < -0.3 is 15.2 Å². The lowest BCUT2D eigenvalue weighted by Gasteiger charge is -2.31. The standard InChI is InChI=1S/C15H29NO2/c1-3-5-10-16-11-14(17)12-18-15-9-7-6-8-13(15)4-2/h3,13-17H,1,4-12H2,2H3. The van der Waals surface area contributed by atoms with Crippen LogP contribution in [-0.4, -0.2) is 37.0 Å². The van der Waals surface area contributed by atoms with Crippen molar-refractivity contribution in [2.24, 2.45) is 5.92 Å². The third-order valence-electron chi connectivity index (χ3n) is 3.77. The van der Waals surface area contributed by atoms with Gasteiger partial charge in [0.25, 0.3) is 0 Å². The molecule has 106 valence electrons. The van der Waals surface area contributed by atoms with E-state index >= 15 is 0 Å². The summed E-state index contributed by atoms with van der Waals surface area (Å²) in [7, 11) is 0. The highest BCUT2D eigenvalue weighted by Gasteiger charge is 2.24. The predicted molar refractivity (Wildman–Crippen MR) is 75.7 cm³/mol. The van der Waals surface area contributed by atoms with Crippen LogP contribution in [0.5, 0.6) is 0 Å². The Balaban J connectivity index is 2.12. The second-order valence-corrected chi connectivity index (χ2v) is 5.26. The van der Waals surface area contributed by atoms with Gasteiger partial charge in [-0.3, -0.25) is 0 Å². The van der Waals surface area contributed by atoms with Gasteiger partial charge in [0.05, 0.1) is 18.8 Å². The maximum atomic E-state index is 9.82. The molecule has 1 rings (SSSR count). The summed E-state index contributed by atoms with van der Waals surface area (Å²) in [5.74, 6) is 0.694. The summed E-state index contributed by atoms with van der Waals surface area (Å²) in [5, 5.41) is 13.0. The molecule has 0 aliphatic heterocycles. The van der Waals surface area contributed by atoms with Crippen molar-refractivity contribution in [3.63, 3.8) is 0 Å². The van der Waals surface area contributed by atoms with Crippen molar-refractivity contribution < 1.29 is 9.84 Å². The first kappa shape index (κ1) is 15.7. The number of hydrogen-bond donors (Lipinski definition) is 2.